The second-order valence-electron chi connectivity index (χ2n) is 10.00. The van der Waals surface area contributed by atoms with Gasteiger partial charge in [0.15, 0.2) is 0 Å². The number of carbonyl (C=O) groups is 1. The molecule has 1 fully saturated rings. The lowest BCUT2D eigenvalue weighted by Gasteiger charge is -2.23. The molecule has 1 saturated heterocycles. The topological polar surface area (TPSA) is 91.0 Å². The first kappa shape index (κ1) is 25.0. The highest BCUT2D eigenvalue weighted by molar-refractivity contribution is 6.06. The summed E-state index contributed by atoms with van der Waals surface area (Å²) in [6.45, 7) is 5.64. The molecule has 2 aromatic carbocycles. The van der Waals surface area contributed by atoms with Crippen LogP contribution in [0.25, 0.3) is 0 Å². The number of aromatic nitrogens is 2. The molecule has 0 unspecified atom stereocenters. The number of fused-ring (bicyclic) bond motifs is 1. The van der Waals surface area contributed by atoms with Crippen molar-refractivity contribution in [3.63, 3.8) is 0 Å². The van der Waals surface area contributed by atoms with Gasteiger partial charge in [-0.3, -0.25) is 4.79 Å². The summed E-state index contributed by atoms with van der Waals surface area (Å²) >= 11 is 0. The molecular formula is C27H29F3N6O. The Balaban J connectivity index is 1.37. The van der Waals surface area contributed by atoms with Gasteiger partial charge in [-0.15, -0.1) is 0 Å². The zero-order valence-electron chi connectivity index (χ0n) is 20.7. The van der Waals surface area contributed by atoms with Crippen LogP contribution in [0.4, 0.5) is 36.3 Å². The third-order valence-electron chi connectivity index (χ3n) is 7.11. The van der Waals surface area contributed by atoms with E-state index in [0.717, 1.165) is 43.3 Å². The number of alkyl halides is 3. The molecule has 0 atom stereocenters. The minimum absolute atomic E-state index is 0.0561. The highest BCUT2D eigenvalue weighted by atomic mass is 19.4. The molecule has 5 rings (SSSR count). The smallest absolute Gasteiger partial charge is 0.365 e. The van der Waals surface area contributed by atoms with Gasteiger partial charge in [0.2, 0.25) is 11.9 Å². The standard InChI is InChI=1S/C27H29F3N6O/c1-26(2)22-18(4-3-5-21(22)35-24(26)37)14-32-23-20(27(28,29)30)15-33-25(36-23)34-19-8-6-16(7-9-19)17-10-12-31-13-11-17/h3-9,15,17,31H,10-14H2,1-2H3,(H,35,37)(H2,32,33,34,36). The first-order valence-corrected chi connectivity index (χ1v) is 12.3. The number of amides is 1. The molecule has 0 saturated carbocycles. The van der Waals surface area contributed by atoms with Crippen LogP contribution in [0.15, 0.2) is 48.7 Å². The SMILES string of the molecule is CC1(C)C(=O)Nc2cccc(CNc3nc(Nc4ccc(C5CCNCC5)cc4)ncc3C(F)(F)F)c21. The number of rotatable bonds is 6. The number of hydrogen-bond donors (Lipinski definition) is 4. The van der Waals surface area contributed by atoms with Gasteiger partial charge in [-0.2, -0.15) is 18.2 Å². The molecule has 0 radical (unpaired) electrons. The molecule has 3 heterocycles. The Morgan fingerprint density at radius 3 is 2.51 bits per heavy atom. The molecule has 194 valence electrons. The van der Waals surface area contributed by atoms with Crippen molar-refractivity contribution in [2.75, 3.05) is 29.0 Å². The monoisotopic (exact) mass is 510 g/mol. The Bertz CT molecular complexity index is 1300. The molecule has 2 aliphatic heterocycles. The number of anilines is 4. The average molecular weight is 511 g/mol. The van der Waals surface area contributed by atoms with Crippen molar-refractivity contribution in [3.8, 4) is 0 Å². The summed E-state index contributed by atoms with van der Waals surface area (Å²) in [7, 11) is 0. The molecule has 2 aliphatic rings. The van der Waals surface area contributed by atoms with Crippen molar-refractivity contribution in [1.82, 2.24) is 15.3 Å². The van der Waals surface area contributed by atoms with E-state index in [0.29, 0.717) is 17.3 Å². The molecule has 7 nitrogen and oxygen atoms in total. The molecule has 1 amide bonds. The van der Waals surface area contributed by atoms with Crippen molar-refractivity contribution in [2.24, 2.45) is 0 Å². The zero-order valence-corrected chi connectivity index (χ0v) is 20.7. The summed E-state index contributed by atoms with van der Waals surface area (Å²) in [5.41, 5.74) is 2.34. The van der Waals surface area contributed by atoms with E-state index in [2.05, 4.69) is 31.2 Å². The van der Waals surface area contributed by atoms with Crippen LogP contribution in [0.5, 0.6) is 0 Å². The molecule has 1 aromatic heterocycles. The molecule has 0 bridgehead atoms. The van der Waals surface area contributed by atoms with Crippen LogP contribution in [0.2, 0.25) is 0 Å². The average Bonchev–Trinajstić information content (AvgIpc) is 3.11. The maximum Gasteiger partial charge on any atom is 0.421 e. The number of carbonyl (C=O) groups excluding carboxylic acids is 1. The summed E-state index contributed by atoms with van der Waals surface area (Å²) in [6, 6.07) is 13.2. The molecule has 37 heavy (non-hydrogen) atoms. The molecular weight excluding hydrogens is 481 g/mol. The number of nitrogens with one attached hydrogen (secondary N) is 4. The van der Waals surface area contributed by atoms with E-state index in [1.165, 1.54) is 5.56 Å². The number of nitrogens with zero attached hydrogens (tertiary/aromatic N) is 2. The van der Waals surface area contributed by atoms with Gasteiger partial charge < -0.3 is 21.3 Å². The first-order valence-electron chi connectivity index (χ1n) is 12.3. The van der Waals surface area contributed by atoms with E-state index in [4.69, 9.17) is 0 Å². The fourth-order valence-electron chi connectivity index (χ4n) is 5.07. The van der Waals surface area contributed by atoms with Crippen LogP contribution in [0.3, 0.4) is 0 Å². The van der Waals surface area contributed by atoms with Crippen molar-refractivity contribution in [3.05, 3.63) is 70.9 Å². The number of piperidine rings is 1. The van der Waals surface area contributed by atoms with Crippen LogP contribution in [-0.4, -0.2) is 29.0 Å². The van der Waals surface area contributed by atoms with Crippen molar-refractivity contribution in [2.45, 2.75) is 50.7 Å². The summed E-state index contributed by atoms with van der Waals surface area (Å²) in [5.74, 6) is 0.0820. The van der Waals surface area contributed by atoms with Crippen molar-refractivity contribution in [1.29, 1.82) is 0 Å². The first-order chi connectivity index (χ1) is 17.6. The van der Waals surface area contributed by atoms with Gasteiger partial charge in [-0.05, 0) is 80.6 Å². The molecule has 10 heteroatoms. The lowest BCUT2D eigenvalue weighted by Crippen LogP contribution is -2.28. The van der Waals surface area contributed by atoms with E-state index < -0.39 is 17.2 Å². The van der Waals surface area contributed by atoms with Gasteiger partial charge in [0.25, 0.3) is 0 Å². The molecule has 4 N–H and O–H groups in total. The van der Waals surface area contributed by atoms with E-state index >= 15 is 0 Å². The van der Waals surface area contributed by atoms with Crippen LogP contribution in [0, 0.1) is 0 Å². The van der Waals surface area contributed by atoms with Crippen LogP contribution in [-0.2, 0) is 22.9 Å². The van der Waals surface area contributed by atoms with Crippen molar-refractivity contribution >= 4 is 29.0 Å². The number of hydrogen-bond acceptors (Lipinski definition) is 6. The highest BCUT2D eigenvalue weighted by Crippen LogP contribution is 2.40. The lowest BCUT2D eigenvalue weighted by molar-refractivity contribution is -0.137. The zero-order chi connectivity index (χ0) is 26.2. The predicted molar refractivity (Wildman–Crippen MR) is 137 cm³/mol. The number of halogens is 3. The van der Waals surface area contributed by atoms with Gasteiger partial charge in [0, 0.05) is 24.1 Å². The third-order valence-corrected chi connectivity index (χ3v) is 7.11. The Morgan fingerprint density at radius 1 is 1.08 bits per heavy atom. The Morgan fingerprint density at radius 2 is 1.81 bits per heavy atom. The molecule has 0 spiro atoms. The maximum atomic E-state index is 13.7. The largest absolute Gasteiger partial charge is 0.421 e. The van der Waals surface area contributed by atoms with Gasteiger partial charge in [-0.1, -0.05) is 24.3 Å². The van der Waals surface area contributed by atoms with E-state index in [-0.39, 0.29) is 24.2 Å². The van der Waals surface area contributed by atoms with Crippen molar-refractivity contribution < 1.29 is 18.0 Å². The fraction of sp³-hybridized carbons (Fsp3) is 0.370. The normalized spacial score (nSPS) is 17.3. The Hall–Kier alpha value is -3.66. The van der Waals surface area contributed by atoms with Gasteiger partial charge >= 0.3 is 6.18 Å². The minimum Gasteiger partial charge on any atom is -0.365 e. The maximum absolute atomic E-state index is 13.7. The summed E-state index contributed by atoms with van der Waals surface area (Å²) in [6.07, 6.45) is -1.69. The fourth-order valence-corrected chi connectivity index (χ4v) is 5.07. The quantitative estimate of drug-likeness (QED) is 0.348. The highest BCUT2D eigenvalue weighted by Gasteiger charge is 2.40. The number of benzene rings is 2. The Labute approximate surface area is 213 Å². The lowest BCUT2D eigenvalue weighted by atomic mass is 9.83. The van der Waals surface area contributed by atoms with Gasteiger partial charge in [0.1, 0.15) is 11.4 Å². The summed E-state index contributed by atoms with van der Waals surface area (Å²) in [5, 5.41) is 12.0. The van der Waals surface area contributed by atoms with E-state index in [1.54, 1.807) is 32.0 Å². The van der Waals surface area contributed by atoms with Gasteiger partial charge in [0.05, 0.1) is 5.41 Å². The van der Waals surface area contributed by atoms with Gasteiger partial charge in [-0.25, -0.2) is 4.98 Å². The summed E-state index contributed by atoms with van der Waals surface area (Å²) < 4.78 is 41.2. The third kappa shape index (κ3) is 5.11. The van der Waals surface area contributed by atoms with Crippen LogP contribution < -0.4 is 21.3 Å². The van der Waals surface area contributed by atoms with E-state index in [1.807, 2.05) is 24.3 Å². The van der Waals surface area contributed by atoms with Crippen LogP contribution in [0.1, 0.15) is 54.9 Å². The molecule has 3 aromatic rings. The Kier molecular flexibility index (Phi) is 6.53. The van der Waals surface area contributed by atoms with E-state index in [9.17, 15) is 18.0 Å². The van der Waals surface area contributed by atoms with Crippen LogP contribution >= 0.6 is 0 Å². The second-order valence-corrected chi connectivity index (χ2v) is 10.00. The minimum atomic E-state index is -4.63. The second kappa shape index (κ2) is 9.66. The summed E-state index contributed by atoms with van der Waals surface area (Å²) in [4.78, 5) is 20.5. The molecule has 0 aliphatic carbocycles. The predicted octanol–water partition coefficient (Wildman–Crippen LogP) is 5.55.